The summed E-state index contributed by atoms with van der Waals surface area (Å²) in [5.41, 5.74) is 0.995. The van der Waals surface area contributed by atoms with Crippen molar-refractivity contribution in [2.24, 2.45) is 0 Å². The fourth-order valence-corrected chi connectivity index (χ4v) is 2.82. The predicted molar refractivity (Wildman–Crippen MR) is 79.3 cm³/mol. The molecule has 0 saturated heterocycles. The fourth-order valence-electron chi connectivity index (χ4n) is 1.90. The van der Waals surface area contributed by atoms with Crippen molar-refractivity contribution in [3.05, 3.63) is 30.6 Å². The largest absolute Gasteiger partial charge is 0.497 e. The van der Waals surface area contributed by atoms with E-state index in [1.165, 1.54) is 0 Å². The standard InChI is InChI=1S/C13H15N5OS/c1-19-10-3-4-11-12(9-10)20-13(16-11)14-5-2-7-18-8-6-15-17-18/h3-4,6,8-9H,2,5,7H2,1H3,(H,14,16). The first-order valence-electron chi connectivity index (χ1n) is 6.38. The van der Waals surface area contributed by atoms with E-state index in [0.717, 1.165) is 40.6 Å². The number of rotatable bonds is 6. The molecule has 3 aromatic rings. The Hall–Kier alpha value is -2.15. The lowest BCUT2D eigenvalue weighted by atomic mass is 10.3. The van der Waals surface area contributed by atoms with Crippen LogP contribution in [0.2, 0.25) is 0 Å². The predicted octanol–water partition coefficient (Wildman–Crippen LogP) is 2.40. The Balaban J connectivity index is 1.57. The van der Waals surface area contributed by atoms with Crippen molar-refractivity contribution < 1.29 is 4.74 Å². The number of benzene rings is 1. The molecule has 20 heavy (non-hydrogen) atoms. The van der Waals surface area contributed by atoms with Gasteiger partial charge in [-0.2, -0.15) is 0 Å². The molecular formula is C13H15N5OS. The zero-order chi connectivity index (χ0) is 13.8. The second-order valence-corrected chi connectivity index (χ2v) is 5.33. The van der Waals surface area contributed by atoms with Gasteiger partial charge in [0.25, 0.3) is 0 Å². The zero-order valence-electron chi connectivity index (χ0n) is 11.1. The van der Waals surface area contributed by atoms with Crippen molar-refractivity contribution >= 4 is 26.7 Å². The molecule has 0 spiro atoms. The van der Waals surface area contributed by atoms with Crippen molar-refractivity contribution in [2.75, 3.05) is 19.0 Å². The molecule has 0 saturated carbocycles. The van der Waals surface area contributed by atoms with E-state index in [1.807, 2.05) is 29.1 Å². The van der Waals surface area contributed by atoms with Crippen LogP contribution >= 0.6 is 11.3 Å². The van der Waals surface area contributed by atoms with Gasteiger partial charge in [0.2, 0.25) is 0 Å². The van der Waals surface area contributed by atoms with Gasteiger partial charge in [0.05, 0.1) is 23.5 Å². The number of nitrogens with zero attached hydrogens (tertiary/aromatic N) is 4. The summed E-state index contributed by atoms with van der Waals surface area (Å²) < 4.78 is 8.17. The van der Waals surface area contributed by atoms with Gasteiger partial charge in [0.15, 0.2) is 5.13 Å². The van der Waals surface area contributed by atoms with Crippen LogP contribution in [0.5, 0.6) is 5.75 Å². The number of hydrogen-bond acceptors (Lipinski definition) is 6. The fraction of sp³-hybridized carbons (Fsp3) is 0.308. The van der Waals surface area contributed by atoms with E-state index in [1.54, 1.807) is 24.6 Å². The Labute approximate surface area is 120 Å². The monoisotopic (exact) mass is 289 g/mol. The van der Waals surface area contributed by atoms with E-state index in [4.69, 9.17) is 4.74 Å². The number of methoxy groups -OCH3 is 1. The number of hydrogen-bond donors (Lipinski definition) is 1. The molecule has 0 aliphatic heterocycles. The number of aryl methyl sites for hydroxylation is 1. The summed E-state index contributed by atoms with van der Waals surface area (Å²) in [6, 6.07) is 5.91. The molecule has 2 aromatic heterocycles. The van der Waals surface area contributed by atoms with Crippen LogP contribution in [0.25, 0.3) is 10.2 Å². The first kappa shape index (κ1) is 12.9. The third-order valence-electron chi connectivity index (χ3n) is 2.91. The SMILES string of the molecule is COc1ccc2nc(NCCCn3ccnn3)sc2c1. The van der Waals surface area contributed by atoms with Crippen molar-refractivity contribution in [1.29, 1.82) is 0 Å². The van der Waals surface area contributed by atoms with Crippen LogP contribution in [-0.2, 0) is 6.54 Å². The normalized spacial score (nSPS) is 10.8. The van der Waals surface area contributed by atoms with Crippen molar-refractivity contribution in [3.8, 4) is 5.75 Å². The maximum Gasteiger partial charge on any atom is 0.183 e. The molecule has 0 atom stereocenters. The minimum absolute atomic E-state index is 0.853. The van der Waals surface area contributed by atoms with Crippen molar-refractivity contribution in [2.45, 2.75) is 13.0 Å². The van der Waals surface area contributed by atoms with E-state index in [9.17, 15) is 0 Å². The van der Waals surface area contributed by atoms with Crippen LogP contribution in [0.3, 0.4) is 0 Å². The Morgan fingerprint density at radius 3 is 3.15 bits per heavy atom. The summed E-state index contributed by atoms with van der Waals surface area (Å²) >= 11 is 1.64. The average Bonchev–Trinajstić information content (AvgIpc) is 3.11. The molecule has 3 rings (SSSR count). The topological polar surface area (TPSA) is 64.9 Å². The third-order valence-corrected chi connectivity index (χ3v) is 3.88. The number of thiazole rings is 1. The molecule has 104 valence electrons. The van der Waals surface area contributed by atoms with E-state index >= 15 is 0 Å². The lowest BCUT2D eigenvalue weighted by Gasteiger charge is -2.01. The minimum Gasteiger partial charge on any atom is -0.497 e. The number of fused-ring (bicyclic) bond motifs is 1. The molecule has 7 heteroatoms. The Morgan fingerprint density at radius 2 is 2.35 bits per heavy atom. The van der Waals surface area contributed by atoms with Crippen molar-refractivity contribution in [3.63, 3.8) is 0 Å². The lowest BCUT2D eigenvalue weighted by Crippen LogP contribution is -2.07. The first-order valence-corrected chi connectivity index (χ1v) is 7.19. The second-order valence-electron chi connectivity index (χ2n) is 4.30. The maximum absolute atomic E-state index is 5.21. The Bertz CT molecular complexity index is 679. The van der Waals surface area contributed by atoms with Gasteiger partial charge in [-0.05, 0) is 24.6 Å². The molecule has 0 radical (unpaired) electrons. The first-order chi connectivity index (χ1) is 9.85. The van der Waals surface area contributed by atoms with Crippen LogP contribution < -0.4 is 10.1 Å². The van der Waals surface area contributed by atoms with Crippen molar-refractivity contribution in [1.82, 2.24) is 20.0 Å². The summed E-state index contributed by atoms with van der Waals surface area (Å²) in [4.78, 5) is 4.54. The van der Waals surface area contributed by atoms with Gasteiger partial charge in [-0.15, -0.1) is 5.10 Å². The molecule has 2 heterocycles. The molecule has 0 aliphatic rings. The molecule has 1 aromatic carbocycles. The number of anilines is 1. The molecule has 0 unspecified atom stereocenters. The quantitative estimate of drug-likeness (QED) is 0.706. The molecule has 1 N–H and O–H groups in total. The van der Waals surface area contributed by atoms with Gasteiger partial charge in [-0.1, -0.05) is 16.6 Å². The summed E-state index contributed by atoms with van der Waals surface area (Å²) in [6.07, 6.45) is 4.53. The summed E-state index contributed by atoms with van der Waals surface area (Å²) in [5.74, 6) is 0.860. The summed E-state index contributed by atoms with van der Waals surface area (Å²) in [7, 11) is 1.67. The van der Waals surface area contributed by atoms with Crippen LogP contribution in [0.15, 0.2) is 30.6 Å². The van der Waals surface area contributed by atoms with Gasteiger partial charge >= 0.3 is 0 Å². The highest BCUT2D eigenvalue weighted by Crippen LogP contribution is 2.28. The van der Waals surface area contributed by atoms with Gasteiger partial charge in [-0.3, -0.25) is 4.68 Å². The third kappa shape index (κ3) is 2.88. The highest BCUT2D eigenvalue weighted by Gasteiger charge is 2.04. The van der Waals surface area contributed by atoms with Gasteiger partial charge < -0.3 is 10.1 Å². The van der Waals surface area contributed by atoms with Crippen LogP contribution in [0, 0.1) is 0 Å². The van der Waals surface area contributed by atoms with Gasteiger partial charge in [0, 0.05) is 19.3 Å². The number of ether oxygens (including phenoxy) is 1. The molecular weight excluding hydrogens is 274 g/mol. The zero-order valence-corrected chi connectivity index (χ0v) is 11.9. The molecule has 0 amide bonds. The number of nitrogens with one attached hydrogen (secondary N) is 1. The maximum atomic E-state index is 5.21. The Kier molecular flexibility index (Phi) is 3.78. The van der Waals surface area contributed by atoms with E-state index in [2.05, 4.69) is 20.6 Å². The molecule has 0 fully saturated rings. The molecule has 0 aliphatic carbocycles. The number of aromatic nitrogens is 4. The van der Waals surface area contributed by atoms with E-state index in [-0.39, 0.29) is 0 Å². The summed E-state index contributed by atoms with van der Waals surface area (Å²) in [5, 5.41) is 12.0. The molecule has 0 bridgehead atoms. The van der Waals surface area contributed by atoms with Gasteiger partial charge in [0.1, 0.15) is 5.75 Å². The Morgan fingerprint density at radius 1 is 1.40 bits per heavy atom. The van der Waals surface area contributed by atoms with Crippen LogP contribution in [0.4, 0.5) is 5.13 Å². The van der Waals surface area contributed by atoms with E-state index < -0.39 is 0 Å². The highest BCUT2D eigenvalue weighted by atomic mass is 32.1. The van der Waals surface area contributed by atoms with Crippen LogP contribution in [-0.4, -0.2) is 33.6 Å². The highest BCUT2D eigenvalue weighted by molar-refractivity contribution is 7.22. The average molecular weight is 289 g/mol. The van der Waals surface area contributed by atoms with Gasteiger partial charge in [-0.25, -0.2) is 4.98 Å². The second kappa shape index (κ2) is 5.87. The smallest absolute Gasteiger partial charge is 0.183 e. The van der Waals surface area contributed by atoms with Crippen LogP contribution in [0.1, 0.15) is 6.42 Å². The lowest BCUT2D eigenvalue weighted by molar-refractivity contribution is 0.415. The van der Waals surface area contributed by atoms with E-state index in [0.29, 0.717) is 0 Å². The molecule has 6 nitrogen and oxygen atoms in total. The summed E-state index contributed by atoms with van der Waals surface area (Å²) in [6.45, 7) is 1.71. The minimum atomic E-state index is 0.853.